The normalized spacial score (nSPS) is 17.6. The molecule has 1 amide bonds. The van der Waals surface area contributed by atoms with E-state index in [1.54, 1.807) is 0 Å². The van der Waals surface area contributed by atoms with Crippen LogP contribution in [0.3, 0.4) is 0 Å². The van der Waals surface area contributed by atoms with E-state index in [4.69, 9.17) is 4.74 Å². The van der Waals surface area contributed by atoms with Gasteiger partial charge in [-0.05, 0) is 24.8 Å². The highest BCUT2D eigenvalue weighted by Gasteiger charge is 2.22. The monoisotopic (exact) mass is 277 g/mol. The fraction of sp³-hybridized carbons (Fsp3) is 0.562. The molecule has 0 spiro atoms. The Labute approximate surface area is 120 Å². The molecule has 4 heteroatoms. The molecule has 20 heavy (non-hydrogen) atoms. The summed E-state index contributed by atoms with van der Waals surface area (Å²) < 4.78 is 5.27. The summed E-state index contributed by atoms with van der Waals surface area (Å²) in [4.78, 5) is 12.1. The summed E-state index contributed by atoms with van der Waals surface area (Å²) in [6.45, 7) is 2.07. The number of hydrogen-bond acceptors (Lipinski definition) is 3. The Kier molecular flexibility index (Phi) is 6.02. The van der Waals surface area contributed by atoms with Gasteiger partial charge in [-0.15, -0.1) is 0 Å². The first-order valence-electron chi connectivity index (χ1n) is 7.32. The lowest BCUT2D eigenvalue weighted by molar-refractivity contribution is -0.127. The molecule has 0 saturated carbocycles. The lowest BCUT2D eigenvalue weighted by atomic mass is 9.95. The molecule has 1 aliphatic rings. The summed E-state index contributed by atoms with van der Waals surface area (Å²) in [6.07, 6.45) is 2.28. The lowest BCUT2D eigenvalue weighted by Crippen LogP contribution is -2.36. The van der Waals surface area contributed by atoms with Crippen molar-refractivity contribution in [2.75, 3.05) is 26.4 Å². The van der Waals surface area contributed by atoms with Crippen LogP contribution in [-0.4, -0.2) is 37.4 Å². The molecular formula is C16H23NO3. The minimum atomic E-state index is 0.0781. The lowest BCUT2D eigenvalue weighted by Gasteiger charge is -2.23. The molecule has 1 saturated heterocycles. The van der Waals surface area contributed by atoms with Crippen LogP contribution in [0.2, 0.25) is 0 Å². The fourth-order valence-corrected chi connectivity index (χ4v) is 2.60. The number of carbonyl (C=O) groups excluding carboxylic acids is 1. The SMILES string of the molecule is O=C(NCC(CCO)c1ccccc1)C1CCOCC1. The molecule has 1 aromatic rings. The van der Waals surface area contributed by atoms with Crippen LogP contribution >= 0.6 is 0 Å². The van der Waals surface area contributed by atoms with Crippen molar-refractivity contribution >= 4 is 5.91 Å². The van der Waals surface area contributed by atoms with Gasteiger partial charge in [0.2, 0.25) is 5.91 Å². The van der Waals surface area contributed by atoms with Gasteiger partial charge in [0.25, 0.3) is 0 Å². The van der Waals surface area contributed by atoms with Crippen molar-refractivity contribution < 1.29 is 14.6 Å². The molecule has 2 N–H and O–H groups in total. The second-order valence-electron chi connectivity index (χ2n) is 5.25. The molecule has 110 valence electrons. The van der Waals surface area contributed by atoms with Crippen molar-refractivity contribution in [2.45, 2.75) is 25.2 Å². The van der Waals surface area contributed by atoms with Crippen molar-refractivity contribution in [3.05, 3.63) is 35.9 Å². The van der Waals surface area contributed by atoms with E-state index in [9.17, 15) is 9.90 Å². The van der Waals surface area contributed by atoms with E-state index in [-0.39, 0.29) is 24.3 Å². The number of nitrogens with one attached hydrogen (secondary N) is 1. The zero-order chi connectivity index (χ0) is 14.2. The van der Waals surface area contributed by atoms with Crippen LogP contribution in [0.1, 0.15) is 30.7 Å². The molecular weight excluding hydrogens is 254 g/mol. The van der Waals surface area contributed by atoms with E-state index in [2.05, 4.69) is 5.32 Å². The van der Waals surface area contributed by atoms with E-state index in [0.29, 0.717) is 26.2 Å². The summed E-state index contributed by atoms with van der Waals surface area (Å²) in [5.41, 5.74) is 1.16. The molecule has 0 aliphatic carbocycles. The molecule has 2 rings (SSSR count). The van der Waals surface area contributed by atoms with E-state index >= 15 is 0 Å². The highest BCUT2D eigenvalue weighted by Crippen LogP contribution is 2.19. The van der Waals surface area contributed by atoms with Gasteiger partial charge in [0.15, 0.2) is 0 Å². The van der Waals surface area contributed by atoms with Crippen LogP contribution in [0.5, 0.6) is 0 Å². The number of ether oxygens (including phenoxy) is 1. The second kappa shape index (κ2) is 8.02. The maximum absolute atomic E-state index is 12.1. The van der Waals surface area contributed by atoms with Gasteiger partial charge in [-0.2, -0.15) is 0 Å². The minimum Gasteiger partial charge on any atom is -0.396 e. The van der Waals surface area contributed by atoms with Gasteiger partial charge in [0.05, 0.1) is 0 Å². The first kappa shape index (κ1) is 15.0. The largest absolute Gasteiger partial charge is 0.396 e. The second-order valence-corrected chi connectivity index (χ2v) is 5.25. The van der Waals surface area contributed by atoms with Gasteiger partial charge in [0.1, 0.15) is 0 Å². The first-order valence-corrected chi connectivity index (χ1v) is 7.32. The van der Waals surface area contributed by atoms with E-state index in [1.165, 1.54) is 0 Å². The predicted octanol–water partition coefficient (Wildman–Crippen LogP) is 1.70. The average molecular weight is 277 g/mol. The van der Waals surface area contributed by atoms with Gasteiger partial charge in [0, 0.05) is 38.2 Å². The summed E-state index contributed by atoms with van der Waals surface area (Å²) in [7, 11) is 0. The smallest absolute Gasteiger partial charge is 0.223 e. The number of benzene rings is 1. The standard InChI is InChI=1S/C16H23NO3/c18-9-6-15(13-4-2-1-3-5-13)12-17-16(19)14-7-10-20-11-8-14/h1-5,14-15,18H,6-12H2,(H,17,19). The Hall–Kier alpha value is -1.39. The Morgan fingerprint density at radius 3 is 2.65 bits per heavy atom. The summed E-state index contributed by atoms with van der Waals surface area (Å²) in [6, 6.07) is 10.0. The van der Waals surface area contributed by atoms with Crippen LogP contribution in [0, 0.1) is 5.92 Å². The molecule has 1 aromatic carbocycles. The third-order valence-electron chi connectivity index (χ3n) is 3.86. The molecule has 0 bridgehead atoms. The van der Waals surface area contributed by atoms with Crippen molar-refractivity contribution in [1.29, 1.82) is 0 Å². The molecule has 0 radical (unpaired) electrons. The number of hydrogen-bond donors (Lipinski definition) is 2. The van der Waals surface area contributed by atoms with Crippen LogP contribution in [0.15, 0.2) is 30.3 Å². The van der Waals surface area contributed by atoms with Crippen LogP contribution in [0.25, 0.3) is 0 Å². The Morgan fingerprint density at radius 1 is 1.30 bits per heavy atom. The highest BCUT2D eigenvalue weighted by atomic mass is 16.5. The topological polar surface area (TPSA) is 58.6 Å². The molecule has 4 nitrogen and oxygen atoms in total. The number of aliphatic hydroxyl groups is 1. The zero-order valence-corrected chi connectivity index (χ0v) is 11.8. The van der Waals surface area contributed by atoms with Crippen molar-refractivity contribution in [1.82, 2.24) is 5.32 Å². The maximum Gasteiger partial charge on any atom is 0.223 e. The third kappa shape index (κ3) is 4.32. The van der Waals surface area contributed by atoms with Crippen molar-refractivity contribution in [3.8, 4) is 0 Å². The average Bonchev–Trinajstić information content (AvgIpc) is 2.53. The van der Waals surface area contributed by atoms with Gasteiger partial charge in [-0.1, -0.05) is 30.3 Å². The quantitative estimate of drug-likeness (QED) is 0.832. The molecule has 1 unspecified atom stereocenters. The van der Waals surface area contributed by atoms with Gasteiger partial charge in [-0.3, -0.25) is 4.79 Å². The maximum atomic E-state index is 12.1. The van der Waals surface area contributed by atoms with E-state index in [1.807, 2.05) is 30.3 Å². The third-order valence-corrected chi connectivity index (χ3v) is 3.86. The van der Waals surface area contributed by atoms with Gasteiger partial charge in [-0.25, -0.2) is 0 Å². The molecule has 1 heterocycles. The van der Waals surface area contributed by atoms with E-state index < -0.39 is 0 Å². The first-order chi connectivity index (χ1) is 9.81. The van der Waals surface area contributed by atoms with Crippen LogP contribution in [-0.2, 0) is 9.53 Å². The Morgan fingerprint density at radius 2 is 2.00 bits per heavy atom. The van der Waals surface area contributed by atoms with Crippen LogP contribution in [0.4, 0.5) is 0 Å². The number of amides is 1. The van der Waals surface area contributed by atoms with E-state index in [0.717, 1.165) is 18.4 Å². The summed E-state index contributed by atoms with van der Waals surface area (Å²) in [5, 5.41) is 12.2. The fourth-order valence-electron chi connectivity index (χ4n) is 2.60. The number of rotatable bonds is 6. The highest BCUT2D eigenvalue weighted by molar-refractivity contribution is 5.78. The Balaban J connectivity index is 1.87. The zero-order valence-electron chi connectivity index (χ0n) is 11.8. The molecule has 0 aromatic heterocycles. The molecule has 1 fully saturated rings. The van der Waals surface area contributed by atoms with Crippen molar-refractivity contribution in [2.24, 2.45) is 5.92 Å². The molecule has 1 aliphatic heterocycles. The number of aliphatic hydroxyl groups excluding tert-OH is 1. The van der Waals surface area contributed by atoms with Crippen molar-refractivity contribution in [3.63, 3.8) is 0 Å². The number of carbonyl (C=O) groups is 1. The Bertz CT molecular complexity index is 401. The summed E-state index contributed by atoms with van der Waals surface area (Å²) >= 11 is 0. The molecule has 1 atom stereocenters. The summed E-state index contributed by atoms with van der Waals surface area (Å²) in [5.74, 6) is 0.367. The van der Waals surface area contributed by atoms with Gasteiger partial charge >= 0.3 is 0 Å². The minimum absolute atomic E-state index is 0.0781. The predicted molar refractivity (Wildman–Crippen MR) is 77.4 cm³/mol. The van der Waals surface area contributed by atoms with Crippen LogP contribution < -0.4 is 5.32 Å². The van der Waals surface area contributed by atoms with Gasteiger partial charge < -0.3 is 15.2 Å².